The number of methoxy groups -OCH3 is 2. The molecule has 2 N–H and O–H groups in total. The van der Waals surface area contributed by atoms with Crippen LogP contribution >= 0.6 is 0 Å². The van der Waals surface area contributed by atoms with Crippen molar-refractivity contribution in [2.45, 2.75) is 65.0 Å². The Morgan fingerprint density at radius 1 is 0.864 bits per heavy atom. The van der Waals surface area contributed by atoms with Gasteiger partial charge in [-0.15, -0.1) is 0 Å². The van der Waals surface area contributed by atoms with E-state index < -0.39 is 0 Å². The number of rotatable bonds is 11. The van der Waals surface area contributed by atoms with Gasteiger partial charge in [-0.05, 0) is 41.0 Å². The highest BCUT2D eigenvalue weighted by atomic mass is 16.6. The molecule has 0 saturated heterocycles. The van der Waals surface area contributed by atoms with E-state index in [1.165, 1.54) is 0 Å². The average Bonchev–Trinajstić information content (AvgIpc) is 2.50. The summed E-state index contributed by atoms with van der Waals surface area (Å²) in [5.41, 5.74) is -0.158. The van der Waals surface area contributed by atoms with Crippen LogP contribution in [0.25, 0.3) is 0 Å². The third-order valence-electron chi connectivity index (χ3n) is 3.16. The molecule has 0 aliphatic heterocycles. The smallest absolute Gasteiger partial charge is 0.0781 e. The fraction of sp³-hybridized carbons (Fsp3) is 1.00. The highest BCUT2D eigenvalue weighted by molar-refractivity contribution is 4.65. The number of hydrogen-bond donors (Lipinski definition) is 2. The molecule has 0 aromatic carbocycles. The minimum Gasteiger partial charge on any atom is -0.396 e. The van der Waals surface area contributed by atoms with E-state index in [1.807, 2.05) is 34.6 Å². The van der Waals surface area contributed by atoms with Gasteiger partial charge in [0.05, 0.1) is 43.7 Å². The van der Waals surface area contributed by atoms with E-state index in [1.54, 1.807) is 14.2 Å². The molecule has 0 saturated carbocycles. The zero-order chi connectivity index (χ0) is 17.6. The van der Waals surface area contributed by atoms with E-state index in [0.29, 0.717) is 19.6 Å². The van der Waals surface area contributed by atoms with Gasteiger partial charge in [0.2, 0.25) is 0 Å². The Morgan fingerprint density at radius 3 is 1.73 bits per heavy atom. The maximum atomic E-state index is 8.72. The maximum Gasteiger partial charge on any atom is 0.0781 e. The van der Waals surface area contributed by atoms with Crippen molar-refractivity contribution in [3.8, 4) is 0 Å². The first-order valence-corrected chi connectivity index (χ1v) is 7.75. The van der Waals surface area contributed by atoms with Crippen LogP contribution in [0.3, 0.4) is 0 Å². The first-order chi connectivity index (χ1) is 10.2. The predicted octanol–water partition coefficient (Wildman–Crippen LogP) is 1.62. The van der Waals surface area contributed by atoms with Crippen molar-refractivity contribution in [2.75, 3.05) is 40.6 Å². The lowest BCUT2D eigenvalue weighted by Crippen LogP contribution is -2.25. The first-order valence-electron chi connectivity index (χ1n) is 7.75. The van der Waals surface area contributed by atoms with Crippen LogP contribution in [-0.4, -0.2) is 74.8 Å². The summed E-state index contributed by atoms with van der Waals surface area (Å²) < 4.78 is 20.8. The molecule has 0 bridgehead atoms. The van der Waals surface area contributed by atoms with Crippen LogP contribution in [0.4, 0.5) is 0 Å². The molecule has 0 amide bonds. The SMILES string of the molecule is COC(C)(C)CCO.COC(C)COC(C)COC(C)CO. The van der Waals surface area contributed by atoms with Gasteiger partial charge in [0.25, 0.3) is 0 Å². The normalized spacial score (nSPS) is 15.7. The monoisotopic (exact) mass is 324 g/mol. The van der Waals surface area contributed by atoms with Gasteiger partial charge in [-0.25, -0.2) is 0 Å². The number of aliphatic hydroxyl groups is 2. The number of aliphatic hydroxyl groups excluding tert-OH is 2. The summed E-state index contributed by atoms with van der Waals surface area (Å²) in [6.07, 6.45) is 0.707. The second-order valence-electron chi connectivity index (χ2n) is 5.95. The highest BCUT2D eigenvalue weighted by Gasteiger charge is 2.13. The average molecular weight is 324 g/mol. The molecule has 136 valence electrons. The maximum absolute atomic E-state index is 8.72. The van der Waals surface area contributed by atoms with Crippen LogP contribution in [0.1, 0.15) is 41.0 Å². The highest BCUT2D eigenvalue weighted by Crippen LogP contribution is 2.10. The summed E-state index contributed by atoms with van der Waals surface area (Å²) in [5, 5.41) is 17.2. The van der Waals surface area contributed by atoms with E-state index in [9.17, 15) is 0 Å². The molecule has 0 aliphatic rings. The van der Waals surface area contributed by atoms with Gasteiger partial charge in [-0.1, -0.05) is 0 Å². The summed E-state index contributed by atoms with van der Waals surface area (Å²) in [5.74, 6) is 0. The van der Waals surface area contributed by atoms with E-state index in [0.717, 1.165) is 0 Å². The van der Waals surface area contributed by atoms with Gasteiger partial charge in [0.1, 0.15) is 0 Å². The van der Waals surface area contributed by atoms with Gasteiger partial charge < -0.3 is 29.2 Å². The minimum atomic E-state index is -0.158. The summed E-state index contributed by atoms with van der Waals surface area (Å²) in [6, 6.07) is 0. The molecule has 0 fully saturated rings. The Kier molecular flexibility index (Phi) is 15.7. The standard InChI is InChI=1S/C10H22O4.C6H14O2/c1-8(5-11)13-7-10(3)14-6-9(2)12-4;1-6(2,8-3)4-5-7/h8-11H,5-7H2,1-4H3;7H,4-5H2,1-3H3. The Morgan fingerprint density at radius 2 is 1.36 bits per heavy atom. The molecule has 3 atom stereocenters. The van der Waals surface area contributed by atoms with Crippen molar-refractivity contribution in [2.24, 2.45) is 0 Å². The zero-order valence-electron chi connectivity index (χ0n) is 15.3. The Labute approximate surface area is 135 Å². The van der Waals surface area contributed by atoms with Gasteiger partial charge in [0, 0.05) is 20.8 Å². The van der Waals surface area contributed by atoms with Crippen LogP contribution in [0.2, 0.25) is 0 Å². The van der Waals surface area contributed by atoms with Crippen LogP contribution < -0.4 is 0 Å². The Bertz CT molecular complexity index is 221. The Hall–Kier alpha value is -0.240. The van der Waals surface area contributed by atoms with Crippen molar-refractivity contribution < 1.29 is 29.2 Å². The lowest BCUT2D eigenvalue weighted by Gasteiger charge is -2.20. The molecular weight excluding hydrogens is 288 g/mol. The lowest BCUT2D eigenvalue weighted by molar-refractivity contribution is -0.0677. The molecule has 0 aromatic rings. The summed E-state index contributed by atoms with van der Waals surface area (Å²) in [6.45, 7) is 10.9. The molecule has 0 spiro atoms. The first kappa shape index (κ1) is 24.0. The zero-order valence-corrected chi connectivity index (χ0v) is 15.3. The van der Waals surface area contributed by atoms with Crippen LogP contribution in [0, 0.1) is 0 Å². The van der Waals surface area contributed by atoms with Crippen LogP contribution in [0.15, 0.2) is 0 Å². The second-order valence-corrected chi connectivity index (χ2v) is 5.95. The summed E-state index contributed by atoms with van der Waals surface area (Å²) >= 11 is 0. The summed E-state index contributed by atoms with van der Waals surface area (Å²) in [7, 11) is 3.30. The molecule has 0 aliphatic carbocycles. The van der Waals surface area contributed by atoms with Crippen LogP contribution in [-0.2, 0) is 18.9 Å². The molecule has 0 rings (SSSR count). The number of ether oxygens (including phenoxy) is 4. The van der Waals surface area contributed by atoms with Crippen molar-refractivity contribution in [1.82, 2.24) is 0 Å². The molecule has 0 aromatic heterocycles. The van der Waals surface area contributed by atoms with Crippen LogP contribution in [0.5, 0.6) is 0 Å². The number of hydrogen-bond acceptors (Lipinski definition) is 6. The van der Waals surface area contributed by atoms with E-state index >= 15 is 0 Å². The van der Waals surface area contributed by atoms with Crippen molar-refractivity contribution >= 4 is 0 Å². The van der Waals surface area contributed by atoms with Gasteiger partial charge >= 0.3 is 0 Å². The van der Waals surface area contributed by atoms with E-state index in [4.69, 9.17) is 29.2 Å². The molecule has 0 radical (unpaired) electrons. The third kappa shape index (κ3) is 16.1. The lowest BCUT2D eigenvalue weighted by atomic mass is 10.1. The quantitative estimate of drug-likeness (QED) is 0.601. The molecule has 3 unspecified atom stereocenters. The summed E-state index contributed by atoms with van der Waals surface area (Å²) in [4.78, 5) is 0. The van der Waals surface area contributed by atoms with Crippen molar-refractivity contribution in [3.63, 3.8) is 0 Å². The Balaban J connectivity index is 0. The molecule has 6 nitrogen and oxygen atoms in total. The molecule has 0 heterocycles. The van der Waals surface area contributed by atoms with E-state index in [-0.39, 0.29) is 37.1 Å². The minimum absolute atomic E-state index is 0.0293. The van der Waals surface area contributed by atoms with Crippen molar-refractivity contribution in [1.29, 1.82) is 0 Å². The fourth-order valence-electron chi connectivity index (χ4n) is 1.14. The van der Waals surface area contributed by atoms with Gasteiger partial charge in [0.15, 0.2) is 0 Å². The van der Waals surface area contributed by atoms with Gasteiger partial charge in [-0.2, -0.15) is 0 Å². The topological polar surface area (TPSA) is 77.4 Å². The second kappa shape index (κ2) is 14.4. The van der Waals surface area contributed by atoms with Crippen molar-refractivity contribution in [3.05, 3.63) is 0 Å². The fourth-order valence-corrected chi connectivity index (χ4v) is 1.14. The van der Waals surface area contributed by atoms with Gasteiger partial charge in [-0.3, -0.25) is 0 Å². The molecule has 6 heteroatoms. The third-order valence-corrected chi connectivity index (χ3v) is 3.16. The van der Waals surface area contributed by atoms with E-state index in [2.05, 4.69) is 0 Å². The molecule has 22 heavy (non-hydrogen) atoms. The molecular formula is C16H36O6. The largest absolute Gasteiger partial charge is 0.396 e. The predicted molar refractivity (Wildman–Crippen MR) is 87.2 cm³/mol.